The molecule has 7 nitrogen and oxygen atoms in total. The standard InChI is InChI=1S/C14H20N2O5S/c1-20-8-9-21-14(17)12-4-3-7-16(11-12)22(18,19)13-5-2-6-15-10-13/h2,5-6,10,12H,3-4,7-9,11H2,1H3. The first-order valence-corrected chi connectivity index (χ1v) is 8.55. The number of carbonyl (C=O) groups excluding carboxylic acids is 1. The highest BCUT2D eigenvalue weighted by molar-refractivity contribution is 7.89. The fourth-order valence-corrected chi connectivity index (χ4v) is 3.83. The summed E-state index contributed by atoms with van der Waals surface area (Å²) in [7, 11) is -2.09. The molecule has 0 amide bonds. The summed E-state index contributed by atoms with van der Waals surface area (Å²) in [5.41, 5.74) is 0. The van der Waals surface area contributed by atoms with Crippen LogP contribution in [0.15, 0.2) is 29.4 Å². The summed E-state index contributed by atoms with van der Waals surface area (Å²) in [6.07, 6.45) is 4.09. The zero-order chi connectivity index (χ0) is 16.0. The van der Waals surface area contributed by atoms with Gasteiger partial charge in [0, 0.05) is 32.6 Å². The lowest BCUT2D eigenvalue weighted by Gasteiger charge is -2.30. The topological polar surface area (TPSA) is 85.8 Å². The average molecular weight is 328 g/mol. The molecule has 0 aliphatic carbocycles. The van der Waals surface area contributed by atoms with E-state index in [-0.39, 0.29) is 24.0 Å². The van der Waals surface area contributed by atoms with Gasteiger partial charge in [0.25, 0.3) is 0 Å². The van der Waals surface area contributed by atoms with E-state index in [2.05, 4.69) is 4.98 Å². The Morgan fingerprint density at radius 2 is 2.27 bits per heavy atom. The number of piperidine rings is 1. The highest BCUT2D eigenvalue weighted by atomic mass is 32.2. The van der Waals surface area contributed by atoms with E-state index in [1.54, 1.807) is 6.07 Å². The van der Waals surface area contributed by atoms with Crippen LogP contribution < -0.4 is 0 Å². The molecule has 1 fully saturated rings. The minimum Gasteiger partial charge on any atom is -0.463 e. The fraction of sp³-hybridized carbons (Fsp3) is 0.571. The number of rotatable bonds is 6. The van der Waals surface area contributed by atoms with Crippen molar-refractivity contribution >= 4 is 16.0 Å². The molecule has 0 aromatic carbocycles. The van der Waals surface area contributed by atoms with Gasteiger partial charge in [-0.1, -0.05) is 0 Å². The molecule has 2 heterocycles. The second-order valence-corrected chi connectivity index (χ2v) is 6.99. The largest absolute Gasteiger partial charge is 0.463 e. The van der Waals surface area contributed by atoms with Crippen LogP contribution in [-0.2, 0) is 24.3 Å². The third-order valence-corrected chi connectivity index (χ3v) is 5.37. The summed E-state index contributed by atoms with van der Waals surface area (Å²) >= 11 is 0. The highest BCUT2D eigenvalue weighted by Gasteiger charge is 2.34. The molecule has 0 N–H and O–H groups in total. The smallest absolute Gasteiger partial charge is 0.310 e. The van der Waals surface area contributed by atoms with Crippen LogP contribution >= 0.6 is 0 Å². The molecule has 2 rings (SSSR count). The lowest BCUT2D eigenvalue weighted by Crippen LogP contribution is -2.42. The van der Waals surface area contributed by atoms with Crippen molar-refractivity contribution < 1.29 is 22.7 Å². The van der Waals surface area contributed by atoms with Gasteiger partial charge in [-0.15, -0.1) is 0 Å². The van der Waals surface area contributed by atoms with Gasteiger partial charge in [0.05, 0.1) is 12.5 Å². The highest BCUT2D eigenvalue weighted by Crippen LogP contribution is 2.24. The third-order valence-electron chi connectivity index (χ3n) is 3.52. The normalized spacial score (nSPS) is 19.8. The van der Waals surface area contributed by atoms with Crippen LogP contribution in [-0.4, -0.2) is 57.1 Å². The van der Waals surface area contributed by atoms with Gasteiger partial charge in [-0.05, 0) is 25.0 Å². The van der Waals surface area contributed by atoms with Gasteiger partial charge in [-0.2, -0.15) is 4.31 Å². The summed E-state index contributed by atoms with van der Waals surface area (Å²) in [6.45, 7) is 1.06. The monoisotopic (exact) mass is 328 g/mol. The van der Waals surface area contributed by atoms with Crippen molar-refractivity contribution in [3.05, 3.63) is 24.5 Å². The molecule has 8 heteroatoms. The zero-order valence-electron chi connectivity index (χ0n) is 12.5. The first-order valence-electron chi connectivity index (χ1n) is 7.11. The van der Waals surface area contributed by atoms with Crippen LogP contribution in [0.3, 0.4) is 0 Å². The van der Waals surface area contributed by atoms with E-state index in [0.29, 0.717) is 26.0 Å². The van der Waals surface area contributed by atoms with E-state index in [0.717, 1.165) is 0 Å². The number of hydrogen-bond donors (Lipinski definition) is 0. The van der Waals surface area contributed by atoms with Gasteiger partial charge in [-0.3, -0.25) is 9.78 Å². The van der Waals surface area contributed by atoms with Crippen molar-refractivity contribution in [2.75, 3.05) is 33.4 Å². The third kappa shape index (κ3) is 4.02. The molecule has 1 aromatic rings. The van der Waals surface area contributed by atoms with Crippen LogP contribution in [0.25, 0.3) is 0 Å². The maximum Gasteiger partial charge on any atom is 0.310 e. The molecule has 1 unspecified atom stereocenters. The van der Waals surface area contributed by atoms with Crippen LogP contribution in [0.4, 0.5) is 0 Å². The van der Waals surface area contributed by atoms with Gasteiger partial charge in [0.15, 0.2) is 0 Å². The van der Waals surface area contributed by atoms with Gasteiger partial charge >= 0.3 is 5.97 Å². The van der Waals surface area contributed by atoms with E-state index in [1.807, 2.05) is 0 Å². The van der Waals surface area contributed by atoms with Crippen molar-refractivity contribution in [2.45, 2.75) is 17.7 Å². The summed E-state index contributed by atoms with van der Waals surface area (Å²) in [5.74, 6) is -0.805. The van der Waals surface area contributed by atoms with Crippen LogP contribution in [0.1, 0.15) is 12.8 Å². The van der Waals surface area contributed by atoms with Crippen molar-refractivity contribution in [3.63, 3.8) is 0 Å². The number of ether oxygens (including phenoxy) is 2. The quantitative estimate of drug-likeness (QED) is 0.564. The van der Waals surface area contributed by atoms with E-state index in [9.17, 15) is 13.2 Å². The molecule has 1 aliphatic rings. The number of sulfonamides is 1. The number of carbonyl (C=O) groups is 1. The average Bonchev–Trinajstić information content (AvgIpc) is 2.56. The summed E-state index contributed by atoms with van der Waals surface area (Å²) in [4.78, 5) is 16.0. The van der Waals surface area contributed by atoms with Gasteiger partial charge in [0.2, 0.25) is 10.0 Å². The van der Waals surface area contributed by atoms with Gasteiger partial charge in [0.1, 0.15) is 11.5 Å². The van der Waals surface area contributed by atoms with E-state index in [1.165, 1.54) is 29.9 Å². The lowest BCUT2D eigenvalue weighted by atomic mass is 10.0. The van der Waals surface area contributed by atoms with Crippen molar-refractivity contribution in [3.8, 4) is 0 Å². The SMILES string of the molecule is COCCOC(=O)C1CCCN(S(=O)(=O)c2cccnc2)C1. The number of aromatic nitrogens is 1. The maximum atomic E-state index is 12.5. The Morgan fingerprint density at radius 3 is 2.95 bits per heavy atom. The molecule has 1 saturated heterocycles. The first-order chi connectivity index (χ1) is 10.6. The molecule has 1 atom stereocenters. The number of hydrogen-bond acceptors (Lipinski definition) is 6. The predicted molar refractivity (Wildman–Crippen MR) is 78.6 cm³/mol. The molecule has 1 aromatic heterocycles. The Kier molecular flexibility index (Phi) is 5.87. The lowest BCUT2D eigenvalue weighted by molar-refractivity contribution is -0.151. The molecule has 22 heavy (non-hydrogen) atoms. The summed E-state index contributed by atoms with van der Waals surface area (Å²) < 4.78 is 36.3. The minimum atomic E-state index is -3.62. The van der Waals surface area contributed by atoms with Crippen molar-refractivity contribution in [1.29, 1.82) is 0 Å². The van der Waals surface area contributed by atoms with Crippen molar-refractivity contribution in [2.24, 2.45) is 5.92 Å². The molecule has 0 spiro atoms. The molecular weight excluding hydrogens is 308 g/mol. The Labute approximate surface area is 130 Å². The second kappa shape index (κ2) is 7.66. The van der Waals surface area contributed by atoms with Gasteiger partial charge in [-0.25, -0.2) is 8.42 Å². The fourth-order valence-electron chi connectivity index (χ4n) is 2.35. The zero-order valence-corrected chi connectivity index (χ0v) is 13.3. The maximum absolute atomic E-state index is 12.5. The minimum absolute atomic E-state index is 0.142. The Morgan fingerprint density at radius 1 is 1.45 bits per heavy atom. The number of pyridine rings is 1. The Hall–Kier alpha value is -1.51. The van der Waals surface area contributed by atoms with E-state index in [4.69, 9.17) is 9.47 Å². The number of nitrogens with zero attached hydrogens (tertiary/aromatic N) is 2. The van der Waals surface area contributed by atoms with E-state index >= 15 is 0 Å². The summed E-state index contributed by atoms with van der Waals surface area (Å²) in [6, 6.07) is 3.08. The molecule has 122 valence electrons. The Bertz CT molecular complexity index is 591. The molecular formula is C14H20N2O5S. The van der Waals surface area contributed by atoms with Crippen LogP contribution in [0.5, 0.6) is 0 Å². The number of methoxy groups -OCH3 is 1. The van der Waals surface area contributed by atoms with Crippen LogP contribution in [0, 0.1) is 5.92 Å². The predicted octanol–water partition coefficient (Wildman–Crippen LogP) is 0.672. The first kappa shape index (κ1) is 16.9. The van der Waals surface area contributed by atoms with E-state index < -0.39 is 15.9 Å². The molecule has 0 radical (unpaired) electrons. The van der Waals surface area contributed by atoms with Gasteiger partial charge < -0.3 is 9.47 Å². The molecule has 1 aliphatic heterocycles. The second-order valence-electron chi connectivity index (χ2n) is 5.05. The molecule has 0 bridgehead atoms. The van der Waals surface area contributed by atoms with Crippen LogP contribution in [0.2, 0.25) is 0 Å². The number of esters is 1. The van der Waals surface area contributed by atoms with Crippen molar-refractivity contribution in [1.82, 2.24) is 9.29 Å². The Balaban J connectivity index is 2.03. The summed E-state index contributed by atoms with van der Waals surface area (Å²) in [5, 5.41) is 0. The molecule has 0 saturated carbocycles.